The zero-order chi connectivity index (χ0) is 34.0. The highest BCUT2D eigenvalue weighted by atomic mass is 35.5. The maximum absolute atomic E-state index is 12.9. The first-order valence-corrected chi connectivity index (χ1v) is 17.2. The molecule has 2 unspecified atom stereocenters. The zero-order valence-electron chi connectivity index (χ0n) is 28.5. The van der Waals surface area contributed by atoms with Gasteiger partial charge in [0.2, 0.25) is 0 Å². The van der Waals surface area contributed by atoms with Gasteiger partial charge in [-0.2, -0.15) is 20.3 Å². The summed E-state index contributed by atoms with van der Waals surface area (Å²) in [5.74, 6) is 0.795. The largest absolute Gasteiger partial charge is 0.463 e. The lowest BCUT2D eigenvalue weighted by molar-refractivity contribution is -0.0873. The van der Waals surface area contributed by atoms with Crippen molar-refractivity contribution in [3.63, 3.8) is 0 Å². The van der Waals surface area contributed by atoms with Gasteiger partial charge in [0.25, 0.3) is 5.91 Å². The fraction of sp³-hybridized carbons (Fsp3) is 0.571. The number of nitriles is 1. The third kappa shape index (κ3) is 5.65. The van der Waals surface area contributed by atoms with E-state index < -0.39 is 5.60 Å². The lowest BCUT2D eigenvalue weighted by Gasteiger charge is -2.45. The number of anilines is 2. The number of nitrogens with zero attached hydrogens (tertiary/aromatic N) is 8. The number of carbonyl (C=O) groups is 1. The topological polar surface area (TPSA) is 139 Å². The standard InChI is InChI=1S/C35H44ClN9O3/c1-21-9-10-35(28-22(21)7-8-25(38)23(28)16-37)15-26-24(18-48-35)31(40-33(39-26)47-20-34(11-12-34)19-42(2)3)44-13-6-14-45-27(17-44)29(36)30(41-45)32(46)43(4)5/h7-8,21H,6,9-15,17-20,38H2,1-5H3. The van der Waals surface area contributed by atoms with E-state index in [0.29, 0.717) is 54.9 Å². The van der Waals surface area contributed by atoms with E-state index in [0.717, 1.165) is 72.5 Å². The van der Waals surface area contributed by atoms with Crippen LogP contribution in [0.3, 0.4) is 0 Å². The monoisotopic (exact) mass is 673 g/mol. The minimum absolute atomic E-state index is 0.100. The molecule has 7 rings (SSSR count). The summed E-state index contributed by atoms with van der Waals surface area (Å²) >= 11 is 6.85. The smallest absolute Gasteiger partial charge is 0.318 e. The number of nitrogens with two attached hydrogens (primary N) is 1. The molecule has 2 atom stereocenters. The molecule has 13 heteroatoms. The van der Waals surface area contributed by atoms with E-state index in [1.54, 1.807) is 14.1 Å². The molecule has 2 N–H and O–H groups in total. The van der Waals surface area contributed by atoms with Gasteiger partial charge < -0.3 is 29.9 Å². The summed E-state index contributed by atoms with van der Waals surface area (Å²) in [5.41, 5.74) is 11.5. The van der Waals surface area contributed by atoms with Crippen molar-refractivity contribution in [1.82, 2.24) is 29.5 Å². The number of benzene rings is 1. The number of aryl methyl sites for hydroxylation is 1. The molecule has 254 valence electrons. The Labute approximate surface area is 286 Å². The molecule has 1 amide bonds. The van der Waals surface area contributed by atoms with E-state index >= 15 is 0 Å². The second kappa shape index (κ2) is 12.2. The summed E-state index contributed by atoms with van der Waals surface area (Å²) in [6.07, 6.45) is 5.15. The van der Waals surface area contributed by atoms with E-state index in [4.69, 9.17) is 36.8 Å². The number of nitrogen functional groups attached to an aromatic ring is 1. The van der Waals surface area contributed by atoms with Gasteiger partial charge in [0.1, 0.15) is 17.5 Å². The Morgan fingerprint density at radius 3 is 2.71 bits per heavy atom. The molecular formula is C35H44ClN9O3. The number of halogens is 1. The van der Waals surface area contributed by atoms with Crippen LogP contribution in [0.4, 0.5) is 11.5 Å². The van der Waals surface area contributed by atoms with E-state index in [1.165, 1.54) is 4.90 Å². The highest BCUT2D eigenvalue weighted by Gasteiger charge is 2.47. The number of fused-ring (bicyclic) bond motifs is 4. The van der Waals surface area contributed by atoms with Crippen LogP contribution in [0.5, 0.6) is 6.01 Å². The van der Waals surface area contributed by atoms with Crippen LogP contribution in [0, 0.1) is 16.7 Å². The van der Waals surface area contributed by atoms with Gasteiger partial charge in [-0.1, -0.05) is 24.6 Å². The zero-order valence-corrected chi connectivity index (χ0v) is 29.2. The SMILES string of the molecule is CC1CCC2(Cc3nc(OCC4(CN(C)C)CC4)nc(N4CCCn5nc(C(=O)N(C)C)c(Cl)c5C4)c3CO2)c2c1ccc(N)c2C#N. The summed E-state index contributed by atoms with van der Waals surface area (Å²) in [4.78, 5) is 28.9. The summed E-state index contributed by atoms with van der Waals surface area (Å²) in [6.45, 7) is 5.69. The van der Waals surface area contributed by atoms with Crippen molar-refractivity contribution in [1.29, 1.82) is 5.26 Å². The molecule has 12 nitrogen and oxygen atoms in total. The van der Waals surface area contributed by atoms with Crippen LogP contribution < -0.4 is 15.4 Å². The Hall–Kier alpha value is -3.92. The van der Waals surface area contributed by atoms with Crippen molar-refractivity contribution in [2.24, 2.45) is 5.41 Å². The van der Waals surface area contributed by atoms with Gasteiger partial charge in [0, 0.05) is 62.4 Å². The van der Waals surface area contributed by atoms with Crippen LogP contribution in [0.2, 0.25) is 5.02 Å². The van der Waals surface area contributed by atoms with Gasteiger partial charge >= 0.3 is 6.01 Å². The maximum Gasteiger partial charge on any atom is 0.318 e. The maximum atomic E-state index is 12.9. The van der Waals surface area contributed by atoms with E-state index in [9.17, 15) is 10.1 Å². The molecule has 0 bridgehead atoms. The number of hydrogen-bond donors (Lipinski definition) is 1. The van der Waals surface area contributed by atoms with Crippen LogP contribution in [0.25, 0.3) is 0 Å². The Bertz CT molecular complexity index is 1810. The highest BCUT2D eigenvalue weighted by molar-refractivity contribution is 6.34. The quantitative estimate of drug-likeness (QED) is 0.357. The number of carbonyl (C=O) groups excluding carboxylic acids is 1. The first-order chi connectivity index (χ1) is 22.9. The molecule has 48 heavy (non-hydrogen) atoms. The average Bonchev–Trinajstić information content (AvgIpc) is 3.79. The first kappa shape index (κ1) is 32.6. The molecule has 1 spiro atoms. The molecule has 1 fully saturated rings. The van der Waals surface area contributed by atoms with Crippen LogP contribution in [-0.4, -0.2) is 83.3 Å². The second-order valence-corrected chi connectivity index (χ2v) is 15.0. The molecule has 0 saturated heterocycles. The number of ether oxygens (including phenoxy) is 2. The summed E-state index contributed by atoms with van der Waals surface area (Å²) in [6, 6.07) is 6.62. The van der Waals surface area contributed by atoms with Crippen molar-refractivity contribution in [2.45, 2.75) is 76.7 Å². The molecule has 3 aromatic rings. The molecule has 2 aliphatic carbocycles. The van der Waals surface area contributed by atoms with Crippen molar-refractivity contribution >= 4 is 29.0 Å². The molecule has 1 saturated carbocycles. The van der Waals surface area contributed by atoms with Gasteiger partial charge in [-0.3, -0.25) is 9.48 Å². The van der Waals surface area contributed by atoms with Gasteiger partial charge in [-0.05, 0) is 63.7 Å². The minimum atomic E-state index is -0.733. The van der Waals surface area contributed by atoms with E-state index in [-0.39, 0.29) is 29.5 Å². The summed E-state index contributed by atoms with van der Waals surface area (Å²) in [5, 5.41) is 15.2. The third-order valence-electron chi connectivity index (χ3n) is 10.5. The molecule has 2 aliphatic heterocycles. The molecule has 4 heterocycles. The lowest BCUT2D eigenvalue weighted by Crippen LogP contribution is -2.42. The van der Waals surface area contributed by atoms with Gasteiger partial charge in [-0.15, -0.1) is 0 Å². The van der Waals surface area contributed by atoms with Gasteiger partial charge in [0.15, 0.2) is 5.69 Å². The normalized spacial score (nSPS) is 22.4. The van der Waals surface area contributed by atoms with Gasteiger partial charge in [0.05, 0.1) is 41.7 Å². The predicted molar refractivity (Wildman–Crippen MR) is 182 cm³/mol. The number of hydrogen-bond acceptors (Lipinski definition) is 10. The Morgan fingerprint density at radius 2 is 2.00 bits per heavy atom. The van der Waals surface area contributed by atoms with Crippen LogP contribution in [-0.2, 0) is 36.5 Å². The van der Waals surface area contributed by atoms with E-state index in [1.807, 2.05) is 10.7 Å². The average molecular weight is 674 g/mol. The van der Waals surface area contributed by atoms with Crippen LogP contribution in [0.1, 0.15) is 89.1 Å². The van der Waals surface area contributed by atoms with Gasteiger partial charge in [-0.25, -0.2) is 0 Å². The fourth-order valence-corrected chi connectivity index (χ4v) is 8.06. The Morgan fingerprint density at radius 1 is 1.21 bits per heavy atom. The summed E-state index contributed by atoms with van der Waals surface area (Å²) in [7, 11) is 7.57. The number of amides is 1. The number of aromatic nitrogens is 4. The molecule has 4 aliphatic rings. The van der Waals surface area contributed by atoms with E-state index in [2.05, 4.69) is 48.1 Å². The summed E-state index contributed by atoms with van der Waals surface area (Å²) < 4.78 is 15.2. The molecular weight excluding hydrogens is 630 g/mol. The second-order valence-electron chi connectivity index (χ2n) is 14.6. The van der Waals surface area contributed by atoms with Crippen LogP contribution >= 0.6 is 11.6 Å². The van der Waals surface area contributed by atoms with Crippen molar-refractivity contribution in [3.8, 4) is 12.1 Å². The first-order valence-electron chi connectivity index (χ1n) is 16.8. The minimum Gasteiger partial charge on any atom is -0.463 e. The molecule has 2 aromatic heterocycles. The van der Waals surface area contributed by atoms with Crippen LogP contribution in [0.15, 0.2) is 12.1 Å². The molecule has 0 radical (unpaired) electrons. The predicted octanol–water partition coefficient (Wildman–Crippen LogP) is 4.48. The third-order valence-corrected chi connectivity index (χ3v) is 10.9. The highest BCUT2D eigenvalue weighted by Crippen LogP contribution is 2.51. The number of rotatable bonds is 7. The van der Waals surface area contributed by atoms with Crippen molar-refractivity contribution < 1.29 is 14.3 Å². The lowest BCUT2D eigenvalue weighted by atomic mass is 9.69. The fourth-order valence-electron chi connectivity index (χ4n) is 7.78. The molecule has 1 aromatic carbocycles. The van der Waals surface area contributed by atoms with Crippen molar-refractivity contribution in [3.05, 3.63) is 56.5 Å². The Kier molecular flexibility index (Phi) is 8.29. The van der Waals surface area contributed by atoms with Crippen molar-refractivity contribution in [2.75, 3.05) is 58.5 Å². The Balaban J connectivity index is 1.30.